The Balaban J connectivity index is 2.63. The molecule has 1 aromatic rings. The lowest BCUT2D eigenvalue weighted by atomic mass is 10.1. The summed E-state index contributed by atoms with van der Waals surface area (Å²) in [5.41, 5.74) is 0.729. The van der Waals surface area contributed by atoms with Crippen molar-refractivity contribution < 1.29 is 19.4 Å². The molecule has 5 nitrogen and oxygen atoms in total. The normalized spacial score (nSPS) is 13.3. The molecule has 1 amide bonds. The summed E-state index contributed by atoms with van der Waals surface area (Å²) in [7, 11) is 0. The number of amides is 1. The number of halogens is 1. The van der Waals surface area contributed by atoms with Crippen molar-refractivity contribution in [2.45, 2.75) is 38.8 Å². The number of carboxylic acids is 1. The highest BCUT2D eigenvalue weighted by molar-refractivity contribution is 6.30. The van der Waals surface area contributed by atoms with E-state index < -0.39 is 18.1 Å². The van der Waals surface area contributed by atoms with Gasteiger partial charge in [-0.25, -0.2) is 4.79 Å². The van der Waals surface area contributed by atoms with Gasteiger partial charge in [0.25, 0.3) is 0 Å². The second-order valence-corrected chi connectivity index (χ2v) is 4.91. The Morgan fingerprint density at radius 3 is 2.45 bits per heavy atom. The molecule has 0 spiro atoms. The molecule has 1 N–H and O–H groups in total. The van der Waals surface area contributed by atoms with Crippen LogP contribution < -0.4 is 10.4 Å². The van der Waals surface area contributed by atoms with Crippen LogP contribution in [-0.4, -0.2) is 24.2 Å². The second kappa shape index (κ2) is 7.75. The predicted octanol–water partition coefficient (Wildman–Crippen LogP) is 1.53. The van der Waals surface area contributed by atoms with E-state index in [9.17, 15) is 14.7 Å². The van der Waals surface area contributed by atoms with Crippen molar-refractivity contribution in [3.05, 3.63) is 34.9 Å². The highest BCUT2D eigenvalue weighted by Crippen LogP contribution is 2.11. The number of carbonyl (C=O) groups excluding carboxylic acids is 2. The summed E-state index contributed by atoms with van der Waals surface area (Å²) >= 11 is 5.75. The van der Waals surface area contributed by atoms with Crippen LogP contribution in [-0.2, 0) is 16.0 Å². The molecule has 0 fully saturated rings. The van der Waals surface area contributed by atoms with E-state index in [0.717, 1.165) is 5.56 Å². The van der Waals surface area contributed by atoms with Gasteiger partial charge >= 0.3 is 6.09 Å². The number of nitrogens with one attached hydrogen (secondary N) is 1. The van der Waals surface area contributed by atoms with E-state index in [0.29, 0.717) is 11.4 Å². The van der Waals surface area contributed by atoms with Crippen LogP contribution in [0, 0.1) is 0 Å². The maximum Gasteiger partial charge on any atom is 0.407 e. The van der Waals surface area contributed by atoms with Gasteiger partial charge in [-0.3, -0.25) is 0 Å². The Kier molecular flexibility index (Phi) is 6.31. The number of carboxylic acid groups (broad SMARTS) is 1. The summed E-state index contributed by atoms with van der Waals surface area (Å²) in [6.45, 7) is 3.59. The average Bonchev–Trinajstić information content (AvgIpc) is 2.40. The number of carbonyl (C=O) groups is 2. The molecule has 0 aliphatic carbocycles. The largest absolute Gasteiger partial charge is 0.548 e. The van der Waals surface area contributed by atoms with E-state index >= 15 is 0 Å². The zero-order valence-corrected chi connectivity index (χ0v) is 12.1. The van der Waals surface area contributed by atoms with Crippen LogP contribution in [0.15, 0.2) is 24.3 Å². The summed E-state index contributed by atoms with van der Waals surface area (Å²) in [6, 6.07) is 5.55. The first-order chi connectivity index (χ1) is 9.42. The van der Waals surface area contributed by atoms with Gasteiger partial charge in [-0.1, -0.05) is 30.7 Å². The molecule has 0 aromatic heterocycles. The van der Waals surface area contributed by atoms with Crippen molar-refractivity contribution in [3.8, 4) is 0 Å². The molecular formula is C14H17ClNO4-. The number of hydrogen-bond donors (Lipinski definition) is 1. The molecule has 110 valence electrons. The fourth-order valence-electron chi connectivity index (χ4n) is 1.49. The molecule has 0 saturated carbocycles. The second-order valence-electron chi connectivity index (χ2n) is 4.47. The van der Waals surface area contributed by atoms with Crippen molar-refractivity contribution in [2.24, 2.45) is 0 Å². The smallest absolute Gasteiger partial charge is 0.407 e. The zero-order chi connectivity index (χ0) is 15.1. The first kappa shape index (κ1) is 16.3. The van der Waals surface area contributed by atoms with Crippen molar-refractivity contribution >= 4 is 23.7 Å². The molecule has 6 heteroatoms. The number of alkyl carbamates (subject to hydrolysis) is 1. The van der Waals surface area contributed by atoms with Crippen LogP contribution in [0.25, 0.3) is 0 Å². The zero-order valence-electron chi connectivity index (χ0n) is 11.4. The summed E-state index contributed by atoms with van der Waals surface area (Å²) < 4.78 is 4.97. The molecule has 0 heterocycles. The lowest BCUT2D eigenvalue weighted by molar-refractivity contribution is -0.308. The summed E-state index contributed by atoms with van der Waals surface area (Å²) in [4.78, 5) is 22.6. The van der Waals surface area contributed by atoms with Crippen LogP contribution in [0.4, 0.5) is 4.79 Å². The van der Waals surface area contributed by atoms with Crippen LogP contribution in [0.5, 0.6) is 0 Å². The molecule has 1 rings (SSSR count). The Morgan fingerprint density at radius 2 is 1.95 bits per heavy atom. The highest BCUT2D eigenvalue weighted by atomic mass is 35.5. The third-order valence-corrected chi connectivity index (χ3v) is 3.06. The Morgan fingerprint density at radius 1 is 1.35 bits per heavy atom. The molecule has 0 unspecified atom stereocenters. The van der Waals surface area contributed by atoms with E-state index in [1.54, 1.807) is 31.2 Å². The quantitative estimate of drug-likeness (QED) is 0.864. The molecule has 0 aliphatic rings. The molecule has 0 aliphatic heterocycles. The number of ether oxygens (including phenoxy) is 1. The highest BCUT2D eigenvalue weighted by Gasteiger charge is 2.16. The Hall–Kier alpha value is -1.75. The molecule has 0 saturated heterocycles. The monoisotopic (exact) mass is 298 g/mol. The number of benzene rings is 1. The number of hydrogen-bond acceptors (Lipinski definition) is 4. The number of rotatable bonds is 6. The van der Waals surface area contributed by atoms with E-state index in [1.165, 1.54) is 0 Å². The maximum absolute atomic E-state index is 11.5. The van der Waals surface area contributed by atoms with Crippen LogP contribution in [0.2, 0.25) is 5.02 Å². The van der Waals surface area contributed by atoms with Gasteiger partial charge in [0.2, 0.25) is 0 Å². The topological polar surface area (TPSA) is 78.5 Å². The van der Waals surface area contributed by atoms with Crippen LogP contribution >= 0.6 is 11.6 Å². The van der Waals surface area contributed by atoms with Gasteiger partial charge in [-0.2, -0.15) is 0 Å². The molecule has 1 aromatic carbocycles. The fourth-order valence-corrected chi connectivity index (χ4v) is 1.62. The van der Waals surface area contributed by atoms with Gasteiger partial charge in [0.1, 0.15) is 6.10 Å². The van der Waals surface area contributed by atoms with Gasteiger partial charge in [-0.05, 0) is 37.5 Å². The first-order valence-electron chi connectivity index (χ1n) is 6.34. The van der Waals surface area contributed by atoms with Gasteiger partial charge in [-0.15, -0.1) is 0 Å². The van der Waals surface area contributed by atoms with Gasteiger partial charge in [0.15, 0.2) is 0 Å². The van der Waals surface area contributed by atoms with Crippen molar-refractivity contribution in [1.29, 1.82) is 0 Å². The van der Waals surface area contributed by atoms with Crippen molar-refractivity contribution in [2.75, 3.05) is 0 Å². The molecular weight excluding hydrogens is 282 g/mol. The third kappa shape index (κ3) is 5.48. The van der Waals surface area contributed by atoms with Crippen molar-refractivity contribution in [1.82, 2.24) is 5.32 Å². The number of aliphatic carboxylic acids is 1. The lowest BCUT2D eigenvalue weighted by Crippen LogP contribution is -2.49. The summed E-state index contributed by atoms with van der Waals surface area (Å²) in [5.74, 6) is -1.36. The molecule has 20 heavy (non-hydrogen) atoms. The summed E-state index contributed by atoms with van der Waals surface area (Å²) in [5, 5.41) is 13.9. The minimum atomic E-state index is -1.36. The standard InChI is InChI=1S/C14H18ClNO4/c1-3-9(2)20-14(19)16-12(13(17)18)8-10-4-6-11(15)7-5-10/h4-7,9,12H,3,8H2,1-2H3,(H,16,19)(H,17,18)/p-1/t9-,12+/m0/s1. The minimum Gasteiger partial charge on any atom is -0.548 e. The SMILES string of the molecule is CC[C@H](C)OC(=O)N[C@H](Cc1ccc(Cl)cc1)C(=O)[O-]. The average molecular weight is 299 g/mol. The first-order valence-corrected chi connectivity index (χ1v) is 6.72. The van der Waals surface area contributed by atoms with Gasteiger partial charge in [0.05, 0.1) is 12.0 Å². The molecule has 2 atom stereocenters. The van der Waals surface area contributed by atoms with Gasteiger partial charge in [0, 0.05) is 5.02 Å². The fraction of sp³-hybridized carbons (Fsp3) is 0.429. The van der Waals surface area contributed by atoms with E-state index in [2.05, 4.69) is 5.32 Å². The van der Waals surface area contributed by atoms with E-state index in [4.69, 9.17) is 16.3 Å². The van der Waals surface area contributed by atoms with E-state index in [1.807, 2.05) is 6.92 Å². The Bertz CT molecular complexity index is 461. The van der Waals surface area contributed by atoms with E-state index in [-0.39, 0.29) is 12.5 Å². The molecule has 0 bridgehead atoms. The van der Waals surface area contributed by atoms with Crippen LogP contribution in [0.1, 0.15) is 25.8 Å². The lowest BCUT2D eigenvalue weighted by Gasteiger charge is -2.21. The van der Waals surface area contributed by atoms with Crippen molar-refractivity contribution in [3.63, 3.8) is 0 Å². The molecule has 0 radical (unpaired) electrons. The van der Waals surface area contributed by atoms with Crippen LogP contribution in [0.3, 0.4) is 0 Å². The predicted molar refractivity (Wildman–Crippen MR) is 73.3 cm³/mol. The Labute approximate surface area is 122 Å². The minimum absolute atomic E-state index is 0.106. The third-order valence-electron chi connectivity index (χ3n) is 2.81. The van der Waals surface area contributed by atoms with Gasteiger partial charge < -0.3 is 20.0 Å². The maximum atomic E-state index is 11.5. The summed E-state index contributed by atoms with van der Waals surface area (Å²) in [6.07, 6.45) is -0.272.